The monoisotopic (exact) mass is 502 g/mol. The number of hydrogen-bond acceptors (Lipinski definition) is 7. The van der Waals surface area contributed by atoms with E-state index in [4.69, 9.17) is 0 Å². The number of anilines is 2. The van der Waals surface area contributed by atoms with Crippen molar-refractivity contribution in [1.29, 1.82) is 0 Å². The molecule has 8 nitrogen and oxygen atoms in total. The van der Waals surface area contributed by atoms with Gasteiger partial charge in [0.1, 0.15) is 22.9 Å². The number of pyridine rings is 1. The molecule has 3 aromatic heterocycles. The molecule has 10 heteroatoms. The summed E-state index contributed by atoms with van der Waals surface area (Å²) in [5.41, 5.74) is 2.50. The van der Waals surface area contributed by atoms with Crippen LogP contribution in [0, 0.1) is 11.6 Å². The Labute approximate surface area is 213 Å². The van der Waals surface area contributed by atoms with E-state index in [9.17, 15) is 8.78 Å². The standard InChI is InChI=1S/C27H28F2N8/c1-15-2-7-24-34-26-20(28)8-17(9-22(26)37(15)24)25-21(29)11-31-27(35-25)33-23-6-3-16(10-30-23)12-36-13-18-4-5-19(14-36)32-18/h3,6,8-11,15,18-19,32H,2,4-5,7,12-14H2,1H3,(H,30,31,33,35)/t15-,18?,19?/m1/s1. The molecule has 2 N–H and O–H groups in total. The van der Waals surface area contributed by atoms with E-state index in [-0.39, 0.29) is 17.7 Å². The molecular formula is C27H28F2N8. The second-order valence-electron chi connectivity index (χ2n) is 10.5. The fourth-order valence-corrected chi connectivity index (χ4v) is 6.08. The maximum absolute atomic E-state index is 15.0. The van der Waals surface area contributed by atoms with Gasteiger partial charge in [-0.15, -0.1) is 0 Å². The van der Waals surface area contributed by atoms with E-state index in [2.05, 4.69) is 42.4 Å². The van der Waals surface area contributed by atoms with E-state index in [1.165, 1.54) is 18.9 Å². The third-order valence-electron chi connectivity index (χ3n) is 7.83. The first kappa shape index (κ1) is 22.7. The molecule has 2 bridgehead atoms. The second kappa shape index (κ2) is 8.81. The van der Waals surface area contributed by atoms with Crippen LogP contribution in [0.3, 0.4) is 0 Å². The molecule has 37 heavy (non-hydrogen) atoms. The summed E-state index contributed by atoms with van der Waals surface area (Å²) < 4.78 is 31.8. The quantitative estimate of drug-likeness (QED) is 0.420. The van der Waals surface area contributed by atoms with Gasteiger partial charge in [-0.3, -0.25) is 4.90 Å². The van der Waals surface area contributed by atoms with E-state index >= 15 is 0 Å². The number of likely N-dealkylation sites (tertiary alicyclic amines) is 1. The number of piperazine rings is 1. The zero-order valence-corrected chi connectivity index (χ0v) is 20.6. The highest BCUT2D eigenvalue weighted by molar-refractivity contribution is 5.83. The number of fused-ring (bicyclic) bond motifs is 5. The van der Waals surface area contributed by atoms with Crippen LogP contribution in [0.25, 0.3) is 22.3 Å². The molecule has 4 aromatic rings. The lowest BCUT2D eigenvalue weighted by atomic mass is 10.1. The van der Waals surface area contributed by atoms with Crippen molar-refractivity contribution in [3.63, 3.8) is 0 Å². The molecule has 2 saturated heterocycles. The number of aryl methyl sites for hydroxylation is 1. The Morgan fingerprint density at radius 1 is 1.00 bits per heavy atom. The molecule has 2 unspecified atom stereocenters. The van der Waals surface area contributed by atoms with Crippen molar-refractivity contribution in [2.24, 2.45) is 0 Å². The Kier molecular flexibility index (Phi) is 5.40. The van der Waals surface area contributed by atoms with E-state index < -0.39 is 11.6 Å². The van der Waals surface area contributed by atoms with Crippen LogP contribution in [0.5, 0.6) is 0 Å². The molecule has 0 saturated carbocycles. The van der Waals surface area contributed by atoms with Crippen LogP contribution in [0.1, 0.15) is 43.6 Å². The molecule has 3 atom stereocenters. The van der Waals surface area contributed by atoms with Crippen LogP contribution in [0.2, 0.25) is 0 Å². The van der Waals surface area contributed by atoms with Gasteiger partial charge in [0.25, 0.3) is 0 Å². The molecule has 0 spiro atoms. The summed E-state index contributed by atoms with van der Waals surface area (Å²) in [6.45, 7) is 5.08. The highest BCUT2D eigenvalue weighted by atomic mass is 19.1. The lowest BCUT2D eigenvalue weighted by molar-refractivity contribution is 0.188. The lowest BCUT2D eigenvalue weighted by Gasteiger charge is -2.32. The smallest absolute Gasteiger partial charge is 0.229 e. The molecule has 3 aliphatic rings. The molecule has 190 valence electrons. The highest BCUT2D eigenvalue weighted by Gasteiger charge is 2.32. The van der Waals surface area contributed by atoms with Crippen LogP contribution in [0.4, 0.5) is 20.5 Å². The molecule has 0 amide bonds. The molecule has 1 aromatic carbocycles. The zero-order chi connectivity index (χ0) is 25.1. The summed E-state index contributed by atoms with van der Waals surface area (Å²) in [6, 6.07) is 8.39. The first-order chi connectivity index (χ1) is 18.0. The van der Waals surface area contributed by atoms with Gasteiger partial charge in [0, 0.05) is 55.9 Å². The normalized spacial score (nSPS) is 23.1. The Morgan fingerprint density at radius 2 is 1.84 bits per heavy atom. The summed E-state index contributed by atoms with van der Waals surface area (Å²) >= 11 is 0. The number of nitrogens with one attached hydrogen (secondary N) is 2. The third-order valence-corrected chi connectivity index (χ3v) is 7.83. The third kappa shape index (κ3) is 4.14. The van der Waals surface area contributed by atoms with Gasteiger partial charge in [-0.1, -0.05) is 6.07 Å². The highest BCUT2D eigenvalue weighted by Crippen LogP contribution is 2.34. The van der Waals surface area contributed by atoms with Crippen molar-refractivity contribution in [3.8, 4) is 11.3 Å². The van der Waals surface area contributed by atoms with Gasteiger partial charge >= 0.3 is 0 Å². The topological polar surface area (TPSA) is 83.8 Å². The lowest BCUT2D eigenvalue weighted by Crippen LogP contribution is -2.50. The van der Waals surface area contributed by atoms with Crippen LogP contribution in [-0.4, -0.2) is 54.6 Å². The Bertz CT molecular complexity index is 1470. The first-order valence-electron chi connectivity index (χ1n) is 12.9. The maximum atomic E-state index is 15.0. The fraction of sp³-hybridized carbons (Fsp3) is 0.407. The Hall–Kier alpha value is -3.50. The van der Waals surface area contributed by atoms with Crippen molar-refractivity contribution >= 4 is 22.8 Å². The van der Waals surface area contributed by atoms with Gasteiger partial charge in [0.2, 0.25) is 5.95 Å². The Morgan fingerprint density at radius 3 is 2.62 bits per heavy atom. The number of aromatic nitrogens is 5. The molecule has 0 radical (unpaired) electrons. The van der Waals surface area contributed by atoms with Crippen LogP contribution < -0.4 is 10.6 Å². The van der Waals surface area contributed by atoms with Crippen molar-refractivity contribution in [2.75, 3.05) is 18.4 Å². The van der Waals surface area contributed by atoms with Crippen molar-refractivity contribution in [2.45, 2.75) is 57.3 Å². The van der Waals surface area contributed by atoms with E-state index in [0.717, 1.165) is 50.1 Å². The van der Waals surface area contributed by atoms with Gasteiger partial charge in [-0.2, -0.15) is 0 Å². The summed E-state index contributed by atoms with van der Waals surface area (Å²) in [5, 5.41) is 6.71. The molecule has 3 aliphatic heterocycles. The van der Waals surface area contributed by atoms with Gasteiger partial charge in [-0.05, 0) is 49.9 Å². The SMILES string of the molecule is C[C@@H]1CCc2nc3c(F)cc(-c4nc(Nc5ccc(CN6CC7CCC(C6)N7)cn5)ncc4F)cc3n21. The average Bonchev–Trinajstić information content (AvgIpc) is 3.55. The predicted octanol–water partition coefficient (Wildman–Crippen LogP) is 4.35. The van der Waals surface area contributed by atoms with Gasteiger partial charge in [-0.25, -0.2) is 28.7 Å². The molecule has 0 aliphatic carbocycles. The minimum absolute atomic E-state index is 0.0319. The van der Waals surface area contributed by atoms with E-state index in [1.807, 2.05) is 22.9 Å². The van der Waals surface area contributed by atoms with Crippen molar-refractivity contribution in [1.82, 2.24) is 34.7 Å². The van der Waals surface area contributed by atoms with E-state index in [0.29, 0.717) is 34.5 Å². The minimum Gasteiger partial charge on any atom is -0.325 e. The molecule has 6 heterocycles. The van der Waals surface area contributed by atoms with Crippen LogP contribution in [-0.2, 0) is 13.0 Å². The number of benzene rings is 1. The summed E-state index contributed by atoms with van der Waals surface area (Å²) in [4.78, 5) is 19.9. The summed E-state index contributed by atoms with van der Waals surface area (Å²) in [7, 11) is 0. The first-order valence-corrected chi connectivity index (χ1v) is 12.9. The number of rotatable bonds is 5. The van der Waals surface area contributed by atoms with Crippen LogP contribution in [0.15, 0.2) is 36.7 Å². The van der Waals surface area contributed by atoms with Gasteiger partial charge in [0.05, 0.1) is 11.7 Å². The number of hydrogen-bond donors (Lipinski definition) is 2. The average molecular weight is 503 g/mol. The zero-order valence-electron chi connectivity index (χ0n) is 20.6. The van der Waals surface area contributed by atoms with Crippen LogP contribution >= 0.6 is 0 Å². The van der Waals surface area contributed by atoms with Crippen molar-refractivity contribution < 1.29 is 8.78 Å². The maximum Gasteiger partial charge on any atom is 0.229 e. The predicted molar refractivity (Wildman–Crippen MR) is 136 cm³/mol. The summed E-state index contributed by atoms with van der Waals surface area (Å²) in [6.07, 6.45) is 7.23. The number of halogens is 2. The second-order valence-corrected chi connectivity index (χ2v) is 10.5. The van der Waals surface area contributed by atoms with Gasteiger partial charge in [0.15, 0.2) is 11.6 Å². The molecule has 7 rings (SSSR count). The molecular weight excluding hydrogens is 474 g/mol. The fourth-order valence-electron chi connectivity index (χ4n) is 6.08. The van der Waals surface area contributed by atoms with Gasteiger partial charge < -0.3 is 15.2 Å². The Balaban J connectivity index is 1.12. The minimum atomic E-state index is -0.619. The summed E-state index contributed by atoms with van der Waals surface area (Å²) in [5.74, 6) is 0.520. The number of imidazole rings is 1. The molecule has 2 fully saturated rings. The largest absolute Gasteiger partial charge is 0.325 e. The number of nitrogens with zero attached hydrogens (tertiary/aromatic N) is 6. The van der Waals surface area contributed by atoms with Crippen molar-refractivity contribution in [3.05, 3.63) is 59.7 Å². The van der Waals surface area contributed by atoms with E-state index in [1.54, 1.807) is 6.07 Å².